The Morgan fingerprint density at radius 1 is 0.800 bits per heavy atom. The molecule has 2 aromatic carbocycles. The highest BCUT2D eigenvalue weighted by Crippen LogP contribution is 2.16. The minimum Gasteiger partial charge on any atom is -0.206 e. The predicted octanol–water partition coefficient (Wildman–Crippen LogP) is 2.51. The molecule has 20 heavy (non-hydrogen) atoms. The molecule has 0 radical (unpaired) electrons. The first kappa shape index (κ1) is 13.7. The Balaban J connectivity index is 3.03. The van der Waals surface area contributed by atoms with E-state index in [9.17, 15) is 8.78 Å². The van der Waals surface area contributed by atoms with Gasteiger partial charge in [-0.3, -0.25) is 0 Å². The Kier molecular flexibility index (Phi) is 3.50. The van der Waals surface area contributed by atoms with Gasteiger partial charge in [-0.25, -0.2) is 8.78 Å². The van der Waals surface area contributed by atoms with Gasteiger partial charge in [0.25, 0.3) is 0 Å². The van der Waals surface area contributed by atoms with Crippen molar-refractivity contribution >= 4 is 21.9 Å². The summed E-state index contributed by atoms with van der Waals surface area (Å²) in [6, 6.07) is 9.37. The van der Waals surface area contributed by atoms with E-state index in [2.05, 4.69) is 0 Å². The van der Waals surface area contributed by atoms with Gasteiger partial charge in [0, 0.05) is 32.4 Å². The fourth-order valence-electron chi connectivity index (χ4n) is 2.03. The third-order valence-electron chi connectivity index (χ3n) is 3.21. The van der Waals surface area contributed by atoms with Crippen LogP contribution in [-0.4, -0.2) is 0 Å². The van der Waals surface area contributed by atoms with Gasteiger partial charge in [0.1, 0.15) is 11.6 Å². The molecule has 0 spiro atoms. The molecule has 0 aliphatic rings. The predicted molar refractivity (Wildman–Crippen MR) is 72.5 cm³/mol. The van der Waals surface area contributed by atoms with E-state index in [1.807, 2.05) is 12.1 Å². The van der Waals surface area contributed by atoms with Crippen LogP contribution in [0.25, 0.3) is 21.9 Å². The zero-order valence-electron chi connectivity index (χ0n) is 11.0. The Morgan fingerprint density at radius 2 is 1.15 bits per heavy atom. The zero-order chi connectivity index (χ0) is 14.9. The molecule has 0 bridgehead atoms. The number of halogens is 2. The first-order valence-corrected chi connectivity index (χ1v) is 5.90. The summed E-state index contributed by atoms with van der Waals surface area (Å²) in [6.07, 6.45) is 0. The lowest BCUT2D eigenvalue weighted by Crippen LogP contribution is -2.14. The number of fused-ring (bicyclic) bond motifs is 1. The fraction of sp³-hybridized carbons (Fsp3) is 0.125. The van der Waals surface area contributed by atoms with Gasteiger partial charge >= 0.3 is 0 Å². The van der Waals surface area contributed by atoms with Crippen LogP contribution < -0.4 is 10.4 Å². The molecule has 98 valence electrons. The van der Waals surface area contributed by atoms with Crippen molar-refractivity contribution in [2.45, 2.75) is 13.8 Å². The van der Waals surface area contributed by atoms with Crippen molar-refractivity contribution in [2.75, 3.05) is 0 Å². The molecule has 2 aromatic rings. The van der Waals surface area contributed by atoms with Crippen molar-refractivity contribution in [3.63, 3.8) is 0 Å². The van der Waals surface area contributed by atoms with Crippen molar-refractivity contribution in [3.05, 3.63) is 46.3 Å². The Hall–Kier alpha value is -2.72. The molecule has 0 fully saturated rings. The Morgan fingerprint density at radius 3 is 1.45 bits per heavy atom. The summed E-state index contributed by atoms with van der Waals surface area (Å²) >= 11 is 0. The van der Waals surface area contributed by atoms with Gasteiger partial charge in [0.2, 0.25) is 0 Å². The minimum absolute atomic E-state index is 0.101. The Labute approximate surface area is 114 Å². The molecule has 0 saturated carbocycles. The van der Waals surface area contributed by atoms with E-state index in [1.54, 1.807) is 0 Å². The zero-order valence-corrected chi connectivity index (χ0v) is 11.0. The van der Waals surface area contributed by atoms with Crippen LogP contribution in [0.1, 0.15) is 13.8 Å². The third-order valence-corrected chi connectivity index (χ3v) is 3.21. The molecule has 0 aromatic heterocycles. The average Bonchev–Trinajstić information content (AvgIpc) is 2.47. The van der Waals surface area contributed by atoms with Crippen LogP contribution in [0.3, 0.4) is 0 Å². The number of hydrogen-bond donors (Lipinski definition) is 0. The highest BCUT2D eigenvalue weighted by Gasteiger charge is 2.10. The normalized spacial score (nSPS) is 13.5. The third kappa shape index (κ3) is 2.02. The van der Waals surface area contributed by atoms with Crippen molar-refractivity contribution in [3.8, 4) is 12.1 Å². The van der Waals surface area contributed by atoms with Crippen LogP contribution in [0.4, 0.5) is 8.78 Å². The standard InChI is InChI=1S/C16H10F2N2/c1-9(7-19)11-3-5-14-13(15(11)17)6-4-12(16(14)18)10(2)8-20/h3-6H,1-2H3/b11-9-,12-10+. The van der Waals surface area contributed by atoms with Crippen LogP contribution in [0.5, 0.6) is 0 Å². The lowest BCUT2D eigenvalue weighted by atomic mass is 10.0. The van der Waals surface area contributed by atoms with E-state index in [1.165, 1.54) is 38.1 Å². The summed E-state index contributed by atoms with van der Waals surface area (Å²) in [7, 11) is 0. The first-order valence-electron chi connectivity index (χ1n) is 5.90. The molecular formula is C16H10F2N2. The van der Waals surface area contributed by atoms with Crippen LogP contribution >= 0.6 is 0 Å². The fourth-order valence-corrected chi connectivity index (χ4v) is 2.03. The summed E-state index contributed by atoms with van der Waals surface area (Å²) < 4.78 is 28.6. The van der Waals surface area contributed by atoms with Crippen LogP contribution in [0.15, 0.2) is 24.3 Å². The van der Waals surface area contributed by atoms with Crippen molar-refractivity contribution < 1.29 is 8.78 Å². The summed E-state index contributed by atoms with van der Waals surface area (Å²) in [4.78, 5) is 0. The lowest BCUT2D eigenvalue weighted by Gasteiger charge is -2.03. The topological polar surface area (TPSA) is 47.6 Å². The van der Waals surface area contributed by atoms with Crippen molar-refractivity contribution in [1.29, 1.82) is 10.5 Å². The van der Waals surface area contributed by atoms with Crippen LogP contribution in [-0.2, 0) is 0 Å². The number of benzene rings is 2. The molecule has 0 atom stereocenters. The molecule has 0 unspecified atom stereocenters. The van der Waals surface area contributed by atoms with Gasteiger partial charge in [-0.05, 0) is 13.8 Å². The summed E-state index contributed by atoms with van der Waals surface area (Å²) in [6.45, 7) is 3.01. The number of nitriles is 2. The van der Waals surface area contributed by atoms with E-state index < -0.39 is 11.6 Å². The molecule has 2 nitrogen and oxygen atoms in total. The van der Waals surface area contributed by atoms with Gasteiger partial charge < -0.3 is 0 Å². The van der Waals surface area contributed by atoms with Gasteiger partial charge in [-0.2, -0.15) is 10.5 Å². The largest absolute Gasteiger partial charge is 0.206 e. The van der Waals surface area contributed by atoms with Gasteiger partial charge in [-0.1, -0.05) is 24.3 Å². The molecule has 0 aliphatic carbocycles. The number of rotatable bonds is 0. The molecule has 4 heteroatoms. The quantitative estimate of drug-likeness (QED) is 0.737. The molecule has 0 amide bonds. The van der Waals surface area contributed by atoms with Gasteiger partial charge in [0.05, 0.1) is 12.1 Å². The minimum atomic E-state index is -0.624. The maximum Gasteiger partial charge on any atom is 0.139 e. The van der Waals surface area contributed by atoms with Gasteiger partial charge in [0.15, 0.2) is 0 Å². The highest BCUT2D eigenvalue weighted by molar-refractivity contribution is 5.85. The lowest BCUT2D eigenvalue weighted by molar-refractivity contribution is 0.619. The van der Waals surface area contributed by atoms with Crippen LogP contribution in [0.2, 0.25) is 0 Å². The van der Waals surface area contributed by atoms with Gasteiger partial charge in [-0.15, -0.1) is 0 Å². The number of hydrogen-bond acceptors (Lipinski definition) is 2. The van der Waals surface area contributed by atoms with Crippen molar-refractivity contribution in [1.82, 2.24) is 0 Å². The van der Waals surface area contributed by atoms with E-state index >= 15 is 0 Å². The van der Waals surface area contributed by atoms with Crippen LogP contribution in [0, 0.1) is 34.3 Å². The van der Waals surface area contributed by atoms with E-state index in [0.717, 1.165) is 0 Å². The second kappa shape index (κ2) is 5.11. The van der Waals surface area contributed by atoms with E-state index in [4.69, 9.17) is 10.5 Å². The molecule has 0 saturated heterocycles. The van der Waals surface area contributed by atoms with Crippen molar-refractivity contribution in [2.24, 2.45) is 0 Å². The highest BCUT2D eigenvalue weighted by atomic mass is 19.1. The maximum absolute atomic E-state index is 14.3. The molecule has 2 rings (SSSR count). The second-order valence-electron chi connectivity index (χ2n) is 4.42. The second-order valence-corrected chi connectivity index (χ2v) is 4.42. The smallest absolute Gasteiger partial charge is 0.139 e. The molecule has 0 N–H and O–H groups in total. The SMILES string of the molecule is C/C(C#N)=c1\ccc2c(F)/c(=C(\C)C#N)ccc2c1F. The van der Waals surface area contributed by atoms with E-state index in [0.29, 0.717) is 0 Å². The first-order chi connectivity index (χ1) is 9.51. The summed E-state index contributed by atoms with van der Waals surface area (Å²) in [5.41, 5.74) is 0.460. The average molecular weight is 268 g/mol. The molecular weight excluding hydrogens is 258 g/mol. The number of nitrogens with zero attached hydrogens (tertiary/aromatic N) is 2. The van der Waals surface area contributed by atoms with E-state index in [-0.39, 0.29) is 32.4 Å². The molecule has 0 aliphatic heterocycles. The summed E-state index contributed by atoms with van der Waals surface area (Å²) in [5.74, 6) is -1.25. The molecule has 0 heterocycles. The summed E-state index contributed by atoms with van der Waals surface area (Å²) in [5, 5.41) is 18.2. The maximum atomic E-state index is 14.3. The monoisotopic (exact) mass is 268 g/mol. The Bertz CT molecular complexity index is 835.